The second-order valence-electron chi connectivity index (χ2n) is 2.57. The zero-order valence-corrected chi connectivity index (χ0v) is 8.88. The number of phenols is 1. The van der Waals surface area contributed by atoms with Gasteiger partial charge in [-0.25, -0.2) is 0 Å². The third-order valence-electron chi connectivity index (χ3n) is 1.65. The number of benzene rings is 1. The molecule has 0 bridgehead atoms. The number of rotatable bonds is 2. The summed E-state index contributed by atoms with van der Waals surface area (Å²) >= 11 is 3.12. The van der Waals surface area contributed by atoms with Gasteiger partial charge in [-0.15, -0.1) is 0 Å². The molecule has 0 spiro atoms. The second kappa shape index (κ2) is 3.79. The number of methoxy groups -OCH3 is 1. The summed E-state index contributed by atoms with van der Waals surface area (Å²) in [6, 6.07) is 3.06. The van der Waals surface area contributed by atoms with Crippen molar-refractivity contribution in [3.05, 3.63) is 22.2 Å². The van der Waals surface area contributed by atoms with E-state index in [0.29, 0.717) is 15.8 Å². The maximum atomic E-state index is 11.0. The van der Waals surface area contributed by atoms with Gasteiger partial charge >= 0.3 is 0 Å². The van der Waals surface area contributed by atoms with E-state index in [9.17, 15) is 9.90 Å². The smallest absolute Gasteiger partial charge is 0.172 e. The number of Topliss-reactive ketones (excluding diaryl/α,β-unsaturated/α-hetero) is 1. The average Bonchev–Trinajstić information content (AvgIpc) is 2.09. The molecule has 13 heavy (non-hydrogen) atoms. The number of ketones is 1. The lowest BCUT2D eigenvalue weighted by molar-refractivity contribution is 0.101. The molecule has 1 aromatic rings. The first-order valence-corrected chi connectivity index (χ1v) is 4.43. The van der Waals surface area contributed by atoms with Gasteiger partial charge in [0.25, 0.3) is 0 Å². The highest BCUT2D eigenvalue weighted by Crippen LogP contribution is 2.35. The van der Waals surface area contributed by atoms with Gasteiger partial charge in [-0.3, -0.25) is 4.79 Å². The highest BCUT2D eigenvalue weighted by atomic mass is 79.9. The molecule has 0 amide bonds. The third kappa shape index (κ3) is 2.01. The van der Waals surface area contributed by atoms with E-state index < -0.39 is 0 Å². The average molecular weight is 245 g/mol. The number of hydrogen-bond donors (Lipinski definition) is 1. The van der Waals surface area contributed by atoms with Crippen molar-refractivity contribution < 1.29 is 14.6 Å². The Morgan fingerprint density at radius 3 is 2.62 bits per heavy atom. The fourth-order valence-electron chi connectivity index (χ4n) is 0.933. The Morgan fingerprint density at radius 1 is 1.54 bits per heavy atom. The Hall–Kier alpha value is -1.03. The van der Waals surface area contributed by atoms with Crippen molar-refractivity contribution in [3.8, 4) is 11.5 Å². The number of carbonyl (C=O) groups is 1. The first-order chi connectivity index (χ1) is 6.06. The van der Waals surface area contributed by atoms with E-state index in [1.54, 1.807) is 6.07 Å². The van der Waals surface area contributed by atoms with E-state index in [0.717, 1.165) is 0 Å². The second-order valence-corrected chi connectivity index (χ2v) is 3.42. The van der Waals surface area contributed by atoms with Crippen molar-refractivity contribution in [3.63, 3.8) is 0 Å². The highest BCUT2D eigenvalue weighted by molar-refractivity contribution is 9.10. The molecule has 0 saturated heterocycles. The molecule has 0 unspecified atom stereocenters. The van der Waals surface area contributed by atoms with Crippen molar-refractivity contribution >= 4 is 21.7 Å². The molecule has 0 aliphatic rings. The molecule has 0 aliphatic carbocycles. The van der Waals surface area contributed by atoms with Gasteiger partial charge in [-0.05, 0) is 35.0 Å². The zero-order valence-electron chi connectivity index (χ0n) is 7.30. The Kier molecular flexibility index (Phi) is 2.93. The molecule has 70 valence electrons. The molecule has 1 aromatic carbocycles. The number of carbonyl (C=O) groups excluding carboxylic acids is 1. The van der Waals surface area contributed by atoms with Gasteiger partial charge in [0.1, 0.15) is 0 Å². The van der Waals surface area contributed by atoms with Crippen LogP contribution in [-0.2, 0) is 0 Å². The van der Waals surface area contributed by atoms with Crippen molar-refractivity contribution in [2.24, 2.45) is 0 Å². The normalized spacial score (nSPS) is 9.77. The lowest BCUT2D eigenvalue weighted by Crippen LogP contribution is -1.94. The Labute approximate surface area is 84.5 Å². The van der Waals surface area contributed by atoms with Crippen LogP contribution in [0, 0.1) is 0 Å². The molecular weight excluding hydrogens is 236 g/mol. The van der Waals surface area contributed by atoms with E-state index in [4.69, 9.17) is 4.74 Å². The standard InChI is InChI=1S/C9H9BrO3/c1-5(11)6-3-7(10)9(12)8(4-6)13-2/h3-4,12H,1-2H3. The van der Waals surface area contributed by atoms with Crippen molar-refractivity contribution in [2.45, 2.75) is 6.92 Å². The summed E-state index contributed by atoms with van der Waals surface area (Å²) in [6.45, 7) is 1.46. The van der Waals surface area contributed by atoms with Gasteiger partial charge < -0.3 is 9.84 Å². The van der Waals surface area contributed by atoms with Crippen LogP contribution >= 0.6 is 15.9 Å². The minimum atomic E-state index is -0.0704. The van der Waals surface area contributed by atoms with Gasteiger partial charge in [-0.1, -0.05) is 0 Å². The minimum absolute atomic E-state index is 0.00694. The summed E-state index contributed by atoms with van der Waals surface area (Å²) < 4.78 is 5.34. The van der Waals surface area contributed by atoms with E-state index in [1.807, 2.05) is 0 Å². The summed E-state index contributed by atoms with van der Waals surface area (Å²) in [5, 5.41) is 9.42. The van der Waals surface area contributed by atoms with E-state index >= 15 is 0 Å². The minimum Gasteiger partial charge on any atom is -0.503 e. The van der Waals surface area contributed by atoms with Crippen molar-refractivity contribution in [2.75, 3.05) is 7.11 Å². The molecule has 0 saturated carbocycles. The van der Waals surface area contributed by atoms with Crippen LogP contribution in [0.1, 0.15) is 17.3 Å². The lowest BCUT2D eigenvalue weighted by atomic mass is 10.1. The third-order valence-corrected chi connectivity index (χ3v) is 2.26. The molecule has 0 atom stereocenters. The molecule has 0 fully saturated rings. The monoisotopic (exact) mass is 244 g/mol. The molecule has 0 aliphatic heterocycles. The van der Waals surface area contributed by atoms with Crippen LogP contribution in [0.3, 0.4) is 0 Å². The molecule has 1 rings (SSSR count). The van der Waals surface area contributed by atoms with Crippen LogP contribution in [0.15, 0.2) is 16.6 Å². The fraction of sp³-hybridized carbons (Fsp3) is 0.222. The number of phenolic OH excluding ortho intramolecular Hbond substituents is 1. The molecule has 3 nitrogen and oxygen atoms in total. The quantitative estimate of drug-likeness (QED) is 0.813. The van der Waals surface area contributed by atoms with E-state index in [1.165, 1.54) is 20.1 Å². The highest BCUT2D eigenvalue weighted by Gasteiger charge is 2.10. The largest absolute Gasteiger partial charge is 0.503 e. The van der Waals surface area contributed by atoms with Crippen LogP contribution in [0.5, 0.6) is 11.5 Å². The molecular formula is C9H9BrO3. The van der Waals surface area contributed by atoms with Crippen molar-refractivity contribution in [1.82, 2.24) is 0 Å². The molecule has 4 heteroatoms. The van der Waals surface area contributed by atoms with E-state index in [-0.39, 0.29) is 11.5 Å². The molecule has 0 heterocycles. The van der Waals surface area contributed by atoms with Crippen LogP contribution in [0.25, 0.3) is 0 Å². The summed E-state index contributed by atoms with van der Waals surface area (Å²) in [7, 11) is 1.44. The van der Waals surface area contributed by atoms with Crippen LogP contribution in [-0.4, -0.2) is 18.0 Å². The van der Waals surface area contributed by atoms with Crippen LogP contribution in [0.2, 0.25) is 0 Å². The first-order valence-electron chi connectivity index (χ1n) is 3.63. The predicted octanol–water partition coefficient (Wildman–Crippen LogP) is 2.37. The number of aromatic hydroxyl groups is 1. The Balaban J connectivity index is 3.30. The number of halogens is 1. The van der Waals surface area contributed by atoms with E-state index in [2.05, 4.69) is 15.9 Å². The zero-order chi connectivity index (χ0) is 10.0. The van der Waals surface area contributed by atoms with Gasteiger partial charge in [0, 0.05) is 5.56 Å². The number of ether oxygens (including phenoxy) is 1. The summed E-state index contributed by atoms with van der Waals surface area (Å²) in [6.07, 6.45) is 0. The van der Waals surface area contributed by atoms with Gasteiger partial charge in [0.15, 0.2) is 17.3 Å². The van der Waals surface area contributed by atoms with Crippen LogP contribution in [0.4, 0.5) is 0 Å². The van der Waals surface area contributed by atoms with Gasteiger partial charge in [-0.2, -0.15) is 0 Å². The summed E-state index contributed by atoms with van der Waals surface area (Å²) in [5.74, 6) is 0.228. The maximum absolute atomic E-state index is 11.0. The van der Waals surface area contributed by atoms with Crippen molar-refractivity contribution in [1.29, 1.82) is 0 Å². The molecule has 0 radical (unpaired) electrons. The van der Waals surface area contributed by atoms with Crippen LogP contribution < -0.4 is 4.74 Å². The van der Waals surface area contributed by atoms with Gasteiger partial charge in [0.2, 0.25) is 0 Å². The summed E-state index contributed by atoms with van der Waals surface area (Å²) in [5.41, 5.74) is 0.501. The first kappa shape index (κ1) is 10.1. The predicted molar refractivity (Wildman–Crippen MR) is 52.4 cm³/mol. The molecule has 0 aromatic heterocycles. The lowest BCUT2D eigenvalue weighted by Gasteiger charge is -2.06. The Bertz CT molecular complexity index is 347. The fourth-order valence-corrected chi connectivity index (χ4v) is 1.37. The number of hydrogen-bond acceptors (Lipinski definition) is 3. The topological polar surface area (TPSA) is 46.5 Å². The SMILES string of the molecule is COc1cc(C(C)=O)cc(Br)c1O. The Morgan fingerprint density at radius 2 is 2.15 bits per heavy atom. The summed E-state index contributed by atoms with van der Waals surface area (Å²) in [4.78, 5) is 11.0. The molecule has 1 N–H and O–H groups in total. The van der Waals surface area contributed by atoms with Gasteiger partial charge in [0.05, 0.1) is 11.6 Å². The maximum Gasteiger partial charge on any atom is 0.172 e.